The van der Waals surface area contributed by atoms with Gasteiger partial charge in [-0.05, 0) is 12.8 Å². The zero-order chi connectivity index (χ0) is 12.3. The zero-order valence-corrected chi connectivity index (χ0v) is 8.25. The minimum Gasteiger partial charge on any atom is -0.480 e. The van der Waals surface area contributed by atoms with E-state index in [-0.39, 0.29) is 12.8 Å². The van der Waals surface area contributed by atoms with E-state index in [0.717, 1.165) is 4.90 Å². The first-order chi connectivity index (χ1) is 7.42. The number of carbonyl (C=O) groups excluding carboxylic acids is 1. The van der Waals surface area contributed by atoms with E-state index in [0.29, 0.717) is 0 Å². The second-order valence-electron chi connectivity index (χ2n) is 3.55. The van der Waals surface area contributed by atoms with Crippen LogP contribution in [0.15, 0.2) is 0 Å². The van der Waals surface area contributed by atoms with Gasteiger partial charge in [-0.3, -0.25) is 19.4 Å². The smallest absolute Gasteiger partial charge is 0.362 e. The Bertz CT molecular complexity index is 306. The van der Waals surface area contributed by atoms with E-state index in [2.05, 4.69) is 4.89 Å². The van der Waals surface area contributed by atoms with E-state index in [9.17, 15) is 14.4 Å². The predicted octanol–water partition coefficient (Wildman–Crippen LogP) is -0.994. The molecule has 1 aliphatic carbocycles. The van der Waals surface area contributed by atoms with Gasteiger partial charge >= 0.3 is 17.9 Å². The van der Waals surface area contributed by atoms with Crippen LogP contribution in [-0.4, -0.2) is 56.9 Å². The van der Waals surface area contributed by atoms with Crippen molar-refractivity contribution in [2.75, 3.05) is 13.1 Å². The van der Waals surface area contributed by atoms with E-state index in [1.54, 1.807) is 0 Å². The van der Waals surface area contributed by atoms with Crippen LogP contribution < -0.4 is 0 Å². The van der Waals surface area contributed by atoms with Crippen LogP contribution in [0.5, 0.6) is 0 Å². The summed E-state index contributed by atoms with van der Waals surface area (Å²) in [5, 5.41) is 25.4. The third kappa shape index (κ3) is 2.47. The van der Waals surface area contributed by atoms with Gasteiger partial charge in [-0.15, -0.1) is 0 Å². The Morgan fingerprint density at radius 1 is 1.12 bits per heavy atom. The highest BCUT2D eigenvalue weighted by Gasteiger charge is 2.57. The molecule has 1 rings (SSSR count). The summed E-state index contributed by atoms with van der Waals surface area (Å²) in [6.07, 6.45) is 0.542. The predicted molar refractivity (Wildman–Crippen MR) is 47.5 cm³/mol. The van der Waals surface area contributed by atoms with Gasteiger partial charge < -0.3 is 10.2 Å². The summed E-state index contributed by atoms with van der Waals surface area (Å²) in [5.74, 6) is -3.52. The molecule has 8 heteroatoms. The second-order valence-corrected chi connectivity index (χ2v) is 3.55. The minimum absolute atomic E-state index is 0.271. The third-order valence-electron chi connectivity index (χ3n) is 2.44. The standard InChI is InChI=1S/C8H11NO7/c10-5(11)3-9(4-6(12)13)8(1-2-8)7(14)16-15/h15H,1-4H2,(H,10,11)(H,12,13). The molecule has 0 unspecified atom stereocenters. The van der Waals surface area contributed by atoms with Crippen molar-refractivity contribution < 1.29 is 34.7 Å². The molecule has 3 N–H and O–H groups in total. The number of hydrogen-bond acceptors (Lipinski definition) is 6. The molecule has 0 aliphatic heterocycles. The molecule has 0 atom stereocenters. The van der Waals surface area contributed by atoms with Gasteiger partial charge in [0.2, 0.25) is 0 Å². The molecule has 0 spiro atoms. The van der Waals surface area contributed by atoms with Crippen LogP contribution >= 0.6 is 0 Å². The summed E-state index contributed by atoms with van der Waals surface area (Å²) in [4.78, 5) is 36.8. The molecule has 8 nitrogen and oxygen atoms in total. The average molecular weight is 233 g/mol. The molecule has 1 saturated carbocycles. The lowest BCUT2D eigenvalue weighted by Crippen LogP contribution is -2.49. The number of nitrogens with zero attached hydrogens (tertiary/aromatic N) is 1. The fourth-order valence-corrected chi connectivity index (χ4v) is 1.54. The highest BCUT2D eigenvalue weighted by atomic mass is 17.1. The van der Waals surface area contributed by atoms with Crippen LogP contribution in [0.4, 0.5) is 0 Å². The molecule has 0 aromatic rings. The van der Waals surface area contributed by atoms with Crippen molar-refractivity contribution in [1.82, 2.24) is 4.90 Å². The van der Waals surface area contributed by atoms with Crippen LogP contribution in [-0.2, 0) is 19.3 Å². The first-order valence-corrected chi connectivity index (χ1v) is 4.47. The van der Waals surface area contributed by atoms with Crippen molar-refractivity contribution >= 4 is 17.9 Å². The first-order valence-electron chi connectivity index (χ1n) is 4.47. The Kier molecular flexibility index (Phi) is 3.45. The Hall–Kier alpha value is -1.67. The van der Waals surface area contributed by atoms with Crippen LogP contribution in [0.3, 0.4) is 0 Å². The van der Waals surface area contributed by atoms with E-state index >= 15 is 0 Å². The van der Waals surface area contributed by atoms with Gasteiger partial charge in [0.25, 0.3) is 0 Å². The van der Waals surface area contributed by atoms with Crippen molar-refractivity contribution in [1.29, 1.82) is 0 Å². The van der Waals surface area contributed by atoms with Gasteiger partial charge in [0.05, 0.1) is 13.1 Å². The Morgan fingerprint density at radius 2 is 1.56 bits per heavy atom. The zero-order valence-electron chi connectivity index (χ0n) is 8.25. The lowest BCUT2D eigenvalue weighted by atomic mass is 10.2. The van der Waals surface area contributed by atoms with E-state index in [4.69, 9.17) is 15.5 Å². The van der Waals surface area contributed by atoms with Gasteiger partial charge in [-0.1, -0.05) is 0 Å². The minimum atomic E-state index is -1.30. The highest BCUT2D eigenvalue weighted by molar-refractivity contribution is 5.85. The maximum atomic E-state index is 11.2. The largest absolute Gasteiger partial charge is 0.480 e. The van der Waals surface area contributed by atoms with Gasteiger partial charge in [0.15, 0.2) is 0 Å². The molecule has 0 amide bonds. The molecule has 0 aromatic heterocycles. The van der Waals surface area contributed by atoms with Gasteiger partial charge in [0, 0.05) is 0 Å². The van der Waals surface area contributed by atoms with Crippen LogP contribution in [0.2, 0.25) is 0 Å². The molecule has 16 heavy (non-hydrogen) atoms. The summed E-state index contributed by atoms with van der Waals surface area (Å²) >= 11 is 0. The van der Waals surface area contributed by atoms with E-state index in [1.165, 1.54) is 0 Å². The number of aliphatic carboxylic acids is 2. The monoisotopic (exact) mass is 233 g/mol. The first kappa shape index (κ1) is 12.4. The van der Waals surface area contributed by atoms with Crippen LogP contribution in [0.25, 0.3) is 0 Å². The quantitative estimate of drug-likeness (QED) is 0.394. The van der Waals surface area contributed by atoms with Crippen molar-refractivity contribution in [3.05, 3.63) is 0 Å². The van der Waals surface area contributed by atoms with E-state index < -0.39 is 36.5 Å². The van der Waals surface area contributed by atoms with Crippen LogP contribution in [0.1, 0.15) is 12.8 Å². The molecule has 90 valence electrons. The molecular formula is C8H11NO7. The lowest BCUT2D eigenvalue weighted by Gasteiger charge is -2.25. The van der Waals surface area contributed by atoms with Gasteiger partial charge in [0.1, 0.15) is 5.54 Å². The summed E-state index contributed by atoms with van der Waals surface area (Å²) in [7, 11) is 0. The van der Waals surface area contributed by atoms with Crippen molar-refractivity contribution in [2.45, 2.75) is 18.4 Å². The van der Waals surface area contributed by atoms with Crippen molar-refractivity contribution in [3.63, 3.8) is 0 Å². The second kappa shape index (κ2) is 4.45. The molecule has 0 radical (unpaired) electrons. The number of carboxylic acids is 2. The highest BCUT2D eigenvalue weighted by Crippen LogP contribution is 2.42. The Labute approximate surface area is 90.0 Å². The molecule has 0 aromatic carbocycles. The number of rotatable bonds is 6. The number of hydrogen-bond donors (Lipinski definition) is 3. The van der Waals surface area contributed by atoms with Crippen molar-refractivity contribution in [2.24, 2.45) is 0 Å². The summed E-state index contributed by atoms with van der Waals surface area (Å²) < 4.78 is 0. The maximum absolute atomic E-state index is 11.2. The molecular weight excluding hydrogens is 222 g/mol. The summed E-state index contributed by atoms with van der Waals surface area (Å²) in [6.45, 7) is -1.19. The number of carbonyl (C=O) groups is 3. The topological polar surface area (TPSA) is 124 Å². The average Bonchev–Trinajstić information content (AvgIpc) is 2.95. The molecule has 0 saturated heterocycles. The Morgan fingerprint density at radius 3 is 1.81 bits per heavy atom. The lowest BCUT2D eigenvalue weighted by molar-refractivity contribution is -0.241. The fraction of sp³-hybridized carbons (Fsp3) is 0.625. The normalized spacial score (nSPS) is 16.9. The fourth-order valence-electron chi connectivity index (χ4n) is 1.54. The third-order valence-corrected chi connectivity index (χ3v) is 2.44. The Balaban J connectivity index is 2.79. The maximum Gasteiger partial charge on any atom is 0.362 e. The van der Waals surface area contributed by atoms with Crippen molar-refractivity contribution in [3.8, 4) is 0 Å². The molecule has 0 bridgehead atoms. The van der Waals surface area contributed by atoms with E-state index in [1.807, 2.05) is 0 Å². The van der Waals surface area contributed by atoms with Crippen LogP contribution in [0, 0.1) is 0 Å². The molecule has 1 aliphatic rings. The molecule has 0 heterocycles. The SMILES string of the molecule is O=C(O)CN(CC(=O)O)C1(C(=O)OO)CC1. The van der Waals surface area contributed by atoms with Gasteiger partial charge in [-0.2, -0.15) is 5.26 Å². The summed E-state index contributed by atoms with van der Waals surface area (Å²) in [5.41, 5.74) is -1.30. The van der Waals surface area contributed by atoms with Gasteiger partial charge in [-0.25, -0.2) is 4.79 Å². The molecule has 1 fully saturated rings. The number of carboxylic acid groups (broad SMARTS) is 2. The summed E-state index contributed by atoms with van der Waals surface area (Å²) in [6, 6.07) is 0.